The molecule has 0 radical (unpaired) electrons. The minimum atomic E-state index is 0.315. The maximum Gasteiger partial charge on any atom is 0.215 e. The Labute approximate surface area is 119 Å². The SMILES string of the molecule is CC[C@@H]1CCCn2nc(-c3ccc(C)nc3)c(C)c2O1. The van der Waals surface area contributed by atoms with Gasteiger partial charge < -0.3 is 4.74 Å². The number of hydrogen-bond acceptors (Lipinski definition) is 3. The summed E-state index contributed by atoms with van der Waals surface area (Å²) in [5, 5.41) is 4.73. The Morgan fingerprint density at radius 2 is 2.20 bits per heavy atom. The van der Waals surface area contributed by atoms with Crippen molar-refractivity contribution in [3.63, 3.8) is 0 Å². The van der Waals surface area contributed by atoms with Gasteiger partial charge in [0.1, 0.15) is 11.8 Å². The number of nitrogens with zero attached hydrogens (tertiary/aromatic N) is 3. The lowest BCUT2D eigenvalue weighted by molar-refractivity contribution is 0.183. The third-order valence-corrected chi connectivity index (χ3v) is 3.95. The minimum absolute atomic E-state index is 0.315. The fraction of sp³-hybridized carbons (Fsp3) is 0.500. The molecule has 3 heterocycles. The average Bonchev–Trinajstić information content (AvgIpc) is 2.64. The van der Waals surface area contributed by atoms with Gasteiger partial charge in [-0.3, -0.25) is 4.98 Å². The van der Waals surface area contributed by atoms with Gasteiger partial charge in [0.15, 0.2) is 0 Å². The lowest BCUT2D eigenvalue weighted by atomic mass is 10.1. The summed E-state index contributed by atoms with van der Waals surface area (Å²) >= 11 is 0. The highest BCUT2D eigenvalue weighted by Gasteiger charge is 2.22. The van der Waals surface area contributed by atoms with Crippen LogP contribution in [0.25, 0.3) is 11.3 Å². The van der Waals surface area contributed by atoms with Crippen molar-refractivity contribution in [2.75, 3.05) is 0 Å². The van der Waals surface area contributed by atoms with Crippen LogP contribution in [0.3, 0.4) is 0 Å². The van der Waals surface area contributed by atoms with E-state index < -0.39 is 0 Å². The Kier molecular flexibility index (Phi) is 3.47. The monoisotopic (exact) mass is 271 g/mol. The zero-order chi connectivity index (χ0) is 14.1. The Balaban J connectivity index is 2.01. The number of pyridine rings is 1. The van der Waals surface area contributed by atoms with Crippen LogP contribution in [0.4, 0.5) is 0 Å². The standard InChI is InChI=1S/C16H21N3O/c1-4-14-6-5-9-19-16(20-14)12(3)15(18-19)13-8-7-11(2)17-10-13/h7-8,10,14H,4-6,9H2,1-3H3/t14-/m1/s1. The first kappa shape index (κ1) is 13.2. The van der Waals surface area contributed by atoms with E-state index in [0.29, 0.717) is 6.10 Å². The van der Waals surface area contributed by atoms with Crippen molar-refractivity contribution >= 4 is 0 Å². The normalized spacial score (nSPS) is 18.2. The summed E-state index contributed by atoms with van der Waals surface area (Å²) in [7, 11) is 0. The average molecular weight is 271 g/mol. The van der Waals surface area contributed by atoms with Crippen molar-refractivity contribution in [2.24, 2.45) is 0 Å². The Morgan fingerprint density at radius 3 is 2.90 bits per heavy atom. The predicted molar refractivity (Wildman–Crippen MR) is 78.9 cm³/mol. The van der Waals surface area contributed by atoms with Gasteiger partial charge in [-0.1, -0.05) is 6.92 Å². The first-order valence-corrected chi connectivity index (χ1v) is 7.36. The molecule has 0 unspecified atom stereocenters. The van der Waals surface area contributed by atoms with E-state index in [9.17, 15) is 0 Å². The number of fused-ring (bicyclic) bond motifs is 1. The quantitative estimate of drug-likeness (QED) is 0.839. The molecule has 2 aromatic rings. The molecular weight excluding hydrogens is 250 g/mol. The molecule has 3 rings (SSSR count). The summed E-state index contributed by atoms with van der Waals surface area (Å²) < 4.78 is 8.16. The Hall–Kier alpha value is -1.84. The molecule has 4 nitrogen and oxygen atoms in total. The molecule has 0 aliphatic carbocycles. The lowest BCUT2D eigenvalue weighted by Crippen LogP contribution is -2.14. The van der Waals surface area contributed by atoms with E-state index in [-0.39, 0.29) is 0 Å². The van der Waals surface area contributed by atoms with Gasteiger partial charge in [-0.2, -0.15) is 5.10 Å². The van der Waals surface area contributed by atoms with Crippen LogP contribution < -0.4 is 4.74 Å². The molecule has 0 saturated heterocycles. The van der Waals surface area contributed by atoms with E-state index in [4.69, 9.17) is 9.84 Å². The number of hydrogen-bond donors (Lipinski definition) is 0. The molecule has 2 aromatic heterocycles. The molecular formula is C16H21N3O. The van der Waals surface area contributed by atoms with Gasteiger partial charge in [-0.05, 0) is 45.2 Å². The third kappa shape index (κ3) is 2.30. The van der Waals surface area contributed by atoms with Crippen LogP contribution in [0.2, 0.25) is 0 Å². The Bertz CT molecular complexity index is 601. The third-order valence-electron chi connectivity index (χ3n) is 3.95. The van der Waals surface area contributed by atoms with Gasteiger partial charge >= 0.3 is 0 Å². The predicted octanol–water partition coefficient (Wildman–Crippen LogP) is 3.51. The summed E-state index contributed by atoms with van der Waals surface area (Å²) in [5.41, 5.74) is 4.19. The topological polar surface area (TPSA) is 39.9 Å². The van der Waals surface area contributed by atoms with Crippen molar-refractivity contribution in [1.29, 1.82) is 0 Å². The van der Waals surface area contributed by atoms with E-state index in [1.807, 2.05) is 23.9 Å². The van der Waals surface area contributed by atoms with Crippen LogP contribution in [-0.2, 0) is 6.54 Å². The summed E-state index contributed by atoms with van der Waals surface area (Å²) in [6, 6.07) is 4.10. The molecule has 1 aliphatic heterocycles. The first-order valence-electron chi connectivity index (χ1n) is 7.36. The van der Waals surface area contributed by atoms with Crippen LogP contribution in [0.1, 0.15) is 37.4 Å². The second-order valence-corrected chi connectivity index (χ2v) is 5.48. The van der Waals surface area contributed by atoms with Crippen LogP contribution in [-0.4, -0.2) is 20.9 Å². The lowest BCUT2D eigenvalue weighted by Gasteiger charge is -2.14. The van der Waals surface area contributed by atoms with E-state index in [0.717, 1.165) is 54.2 Å². The molecule has 1 atom stereocenters. The van der Waals surface area contributed by atoms with Crippen molar-refractivity contribution < 1.29 is 4.74 Å². The fourth-order valence-corrected chi connectivity index (χ4v) is 2.69. The molecule has 0 bridgehead atoms. The van der Waals surface area contributed by atoms with E-state index in [2.05, 4.69) is 24.9 Å². The second-order valence-electron chi connectivity index (χ2n) is 5.48. The van der Waals surface area contributed by atoms with Crippen molar-refractivity contribution in [3.8, 4) is 17.1 Å². The highest BCUT2D eigenvalue weighted by molar-refractivity contribution is 5.64. The summed E-state index contributed by atoms with van der Waals surface area (Å²) in [6.45, 7) is 7.20. The molecule has 0 fully saturated rings. The maximum absolute atomic E-state index is 6.14. The highest BCUT2D eigenvalue weighted by Crippen LogP contribution is 2.32. The highest BCUT2D eigenvalue weighted by atomic mass is 16.5. The van der Waals surface area contributed by atoms with Crippen LogP contribution >= 0.6 is 0 Å². The smallest absolute Gasteiger partial charge is 0.215 e. The first-order chi connectivity index (χ1) is 9.69. The number of aryl methyl sites for hydroxylation is 2. The number of rotatable bonds is 2. The van der Waals surface area contributed by atoms with Gasteiger partial charge in [-0.15, -0.1) is 0 Å². The van der Waals surface area contributed by atoms with Gasteiger partial charge in [0, 0.05) is 29.6 Å². The zero-order valence-corrected chi connectivity index (χ0v) is 12.4. The van der Waals surface area contributed by atoms with Gasteiger partial charge in [0.2, 0.25) is 5.88 Å². The fourth-order valence-electron chi connectivity index (χ4n) is 2.69. The van der Waals surface area contributed by atoms with E-state index in [1.54, 1.807) is 0 Å². The molecule has 106 valence electrons. The van der Waals surface area contributed by atoms with Gasteiger partial charge in [-0.25, -0.2) is 4.68 Å². The summed E-state index contributed by atoms with van der Waals surface area (Å²) in [4.78, 5) is 4.36. The minimum Gasteiger partial charge on any atom is -0.474 e. The molecule has 4 heteroatoms. The van der Waals surface area contributed by atoms with Crippen molar-refractivity contribution in [1.82, 2.24) is 14.8 Å². The molecule has 0 amide bonds. The largest absolute Gasteiger partial charge is 0.474 e. The summed E-state index contributed by atoms with van der Waals surface area (Å²) in [6.07, 6.45) is 5.49. The van der Waals surface area contributed by atoms with Crippen LogP contribution in [0.5, 0.6) is 5.88 Å². The van der Waals surface area contributed by atoms with Gasteiger partial charge in [0.25, 0.3) is 0 Å². The molecule has 20 heavy (non-hydrogen) atoms. The van der Waals surface area contributed by atoms with Crippen LogP contribution in [0.15, 0.2) is 18.3 Å². The van der Waals surface area contributed by atoms with Gasteiger partial charge in [0.05, 0.1) is 0 Å². The molecule has 0 N–H and O–H groups in total. The molecule has 0 aromatic carbocycles. The van der Waals surface area contributed by atoms with Crippen molar-refractivity contribution in [2.45, 2.75) is 52.7 Å². The van der Waals surface area contributed by atoms with Crippen LogP contribution in [0, 0.1) is 13.8 Å². The number of ether oxygens (including phenoxy) is 1. The van der Waals surface area contributed by atoms with E-state index in [1.165, 1.54) is 0 Å². The number of aromatic nitrogens is 3. The van der Waals surface area contributed by atoms with E-state index >= 15 is 0 Å². The maximum atomic E-state index is 6.14. The molecule has 0 saturated carbocycles. The van der Waals surface area contributed by atoms with Crippen molar-refractivity contribution in [3.05, 3.63) is 29.6 Å². The molecule has 0 spiro atoms. The summed E-state index contributed by atoms with van der Waals surface area (Å²) in [5.74, 6) is 0.935. The second kappa shape index (κ2) is 5.27. The molecule has 1 aliphatic rings. The Morgan fingerprint density at radius 1 is 1.35 bits per heavy atom. The zero-order valence-electron chi connectivity index (χ0n) is 12.4.